The smallest absolute Gasteiger partial charge is 0.412 e. The number of aliphatic hydroxyl groups excluding tert-OH is 2. The fourth-order valence-electron chi connectivity index (χ4n) is 8.17. The second kappa shape index (κ2) is 19.1. The number of likely N-dealkylation sites (N-methyl/N-ethyl adjacent to an activating group) is 1. The largest absolute Gasteiger partial charge is 0.459 e. The molecule has 1 fully saturated rings. The minimum absolute atomic E-state index is 0.0329. The Morgan fingerprint density at radius 1 is 1.08 bits per heavy atom. The highest BCUT2D eigenvalue weighted by molar-refractivity contribution is 6.02. The Hall–Kier alpha value is -4.39. The number of allylic oxidation sites excluding steroid dienone is 1. The molecule has 0 spiro atoms. The number of aliphatic hydroxyl groups is 2. The molecule has 3 aliphatic rings. The van der Waals surface area contributed by atoms with Gasteiger partial charge in [0.05, 0.1) is 18.2 Å². The van der Waals surface area contributed by atoms with Gasteiger partial charge in [0.2, 0.25) is 5.79 Å². The molecular formula is C41H55N3O9. The van der Waals surface area contributed by atoms with E-state index in [1.54, 1.807) is 30.2 Å². The fraction of sp³-hybridized carbons (Fsp3) is 0.537. The van der Waals surface area contributed by atoms with Crippen molar-refractivity contribution in [1.82, 2.24) is 10.2 Å². The number of carbonyl (C=O) groups excluding carboxylic acids is 2. The average Bonchev–Trinajstić information content (AvgIpc) is 3.17. The molecule has 6 atom stereocenters. The van der Waals surface area contributed by atoms with Gasteiger partial charge in [-0.2, -0.15) is 0 Å². The van der Waals surface area contributed by atoms with E-state index in [4.69, 9.17) is 23.8 Å². The van der Waals surface area contributed by atoms with Crippen molar-refractivity contribution in [3.8, 4) is 11.5 Å². The molecule has 288 valence electrons. The number of nitrogens with zero attached hydrogens (tertiary/aromatic N) is 2. The van der Waals surface area contributed by atoms with Gasteiger partial charge in [-0.25, -0.2) is 9.59 Å². The van der Waals surface area contributed by atoms with Crippen LogP contribution in [0.5, 0.6) is 11.5 Å². The van der Waals surface area contributed by atoms with Crippen molar-refractivity contribution in [3.05, 3.63) is 84.0 Å². The normalized spacial score (nSPS) is 24.9. The van der Waals surface area contributed by atoms with Crippen LogP contribution in [-0.4, -0.2) is 84.9 Å². The van der Waals surface area contributed by atoms with Crippen LogP contribution in [0, 0.1) is 17.8 Å². The van der Waals surface area contributed by atoms with Gasteiger partial charge < -0.3 is 44.2 Å². The summed E-state index contributed by atoms with van der Waals surface area (Å²) >= 11 is 0. The standard InChI is InChI=1S/C41H55N3O9/c1-5-23-50-41-36(44(4)40(48)49-27-28-15-9-8-10-16-28)26-34(43-51-7-3)32-24-29(17-11-13-21-45)31(18-12-14-22-46)37(38(32)41)33-25-30(19-20-35(33)53-41)52-39(47)42-6-2/h5,8-10,15-16,19-20,24-25,29,31,36-38,45-46H,1,6-7,11-14,17-18,21-23,26-27H2,2-4H3,(H,42,47)/t29-,31+,36-,37+,38+,41+/m0/s1. The summed E-state index contributed by atoms with van der Waals surface area (Å²) in [5.74, 6) is -1.10. The van der Waals surface area contributed by atoms with Crippen molar-refractivity contribution < 1.29 is 43.6 Å². The number of rotatable bonds is 18. The number of amides is 2. The Morgan fingerprint density at radius 2 is 1.83 bits per heavy atom. The van der Waals surface area contributed by atoms with Crippen LogP contribution in [0.1, 0.15) is 75.8 Å². The van der Waals surface area contributed by atoms with E-state index in [0.717, 1.165) is 42.4 Å². The first kappa shape index (κ1) is 39.8. The summed E-state index contributed by atoms with van der Waals surface area (Å²) < 4.78 is 25.5. The maximum absolute atomic E-state index is 13.9. The quantitative estimate of drug-likeness (QED) is 0.0863. The molecule has 1 heterocycles. The van der Waals surface area contributed by atoms with Gasteiger partial charge in [-0.3, -0.25) is 0 Å². The molecular weight excluding hydrogens is 678 g/mol. The van der Waals surface area contributed by atoms with E-state index in [-0.39, 0.29) is 50.6 Å². The summed E-state index contributed by atoms with van der Waals surface area (Å²) in [6, 6.07) is 14.2. The van der Waals surface area contributed by atoms with Gasteiger partial charge in [-0.1, -0.05) is 60.5 Å². The van der Waals surface area contributed by atoms with Crippen molar-refractivity contribution in [3.63, 3.8) is 0 Å². The van der Waals surface area contributed by atoms with Crippen LogP contribution in [0.25, 0.3) is 0 Å². The average molecular weight is 734 g/mol. The van der Waals surface area contributed by atoms with E-state index in [0.29, 0.717) is 43.2 Å². The number of oxime groups is 1. The zero-order chi connectivity index (χ0) is 37.8. The van der Waals surface area contributed by atoms with Crippen molar-refractivity contribution in [1.29, 1.82) is 0 Å². The fourth-order valence-corrected chi connectivity index (χ4v) is 8.17. The Bertz CT molecular complexity index is 1600. The van der Waals surface area contributed by atoms with Crippen LogP contribution in [0.15, 0.2) is 78.0 Å². The number of hydrogen-bond acceptors (Lipinski definition) is 10. The highest BCUT2D eigenvalue weighted by Gasteiger charge is 2.65. The van der Waals surface area contributed by atoms with Gasteiger partial charge in [0.15, 0.2) is 0 Å². The molecule has 0 radical (unpaired) electrons. The predicted octanol–water partition coefficient (Wildman–Crippen LogP) is 6.72. The highest BCUT2D eigenvalue weighted by Crippen LogP contribution is 2.61. The van der Waals surface area contributed by atoms with Crippen molar-refractivity contribution in [2.24, 2.45) is 22.9 Å². The Labute approximate surface area is 312 Å². The van der Waals surface area contributed by atoms with Crippen LogP contribution in [-0.2, 0) is 20.9 Å². The van der Waals surface area contributed by atoms with E-state index >= 15 is 0 Å². The van der Waals surface area contributed by atoms with Gasteiger partial charge >= 0.3 is 12.2 Å². The molecule has 5 rings (SSSR count). The Balaban J connectivity index is 1.69. The molecule has 2 aromatic rings. The van der Waals surface area contributed by atoms with Crippen LogP contribution in [0.4, 0.5) is 9.59 Å². The van der Waals surface area contributed by atoms with E-state index < -0.39 is 29.9 Å². The Kier molecular flexibility index (Phi) is 14.3. The minimum atomic E-state index is -1.41. The number of hydrogen-bond donors (Lipinski definition) is 3. The molecule has 0 saturated heterocycles. The number of unbranched alkanes of at least 4 members (excludes halogenated alkanes) is 2. The lowest BCUT2D eigenvalue weighted by molar-refractivity contribution is -0.253. The lowest BCUT2D eigenvalue weighted by Crippen LogP contribution is -2.69. The molecule has 53 heavy (non-hydrogen) atoms. The zero-order valence-corrected chi connectivity index (χ0v) is 31.2. The molecule has 2 aliphatic carbocycles. The summed E-state index contributed by atoms with van der Waals surface area (Å²) in [6.45, 7) is 8.83. The SMILES string of the molecule is C=CCO[C@@]12Oc3ccc(OC(=O)NCC)cc3[C@H]3[C@H](CCCCO)[C@@H](CCCCO)C=C(C(=NOCC)C[C@@H]1N(C)C(=O)OCc1ccccc1)[C@H]32. The number of fused-ring (bicyclic) bond motifs is 2. The van der Waals surface area contributed by atoms with Gasteiger partial charge in [-0.05, 0) is 80.7 Å². The number of benzene rings is 2. The molecule has 1 aliphatic heterocycles. The van der Waals surface area contributed by atoms with Crippen LogP contribution in [0.2, 0.25) is 0 Å². The molecule has 2 amide bonds. The monoisotopic (exact) mass is 733 g/mol. The Morgan fingerprint density at radius 3 is 2.53 bits per heavy atom. The van der Waals surface area contributed by atoms with Gasteiger partial charge in [0.25, 0.3) is 0 Å². The van der Waals surface area contributed by atoms with E-state index in [9.17, 15) is 19.8 Å². The number of nitrogens with one attached hydrogen (secondary N) is 1. The topological polar surface area (TPSA) is 148 Å². The van der Waals surface area contributed by atoms with Gasteiger partial charge in [0.1, 0.15) is 30.8 Å². The molecule has 0 bridgehead atoms. The summed E-state index contributed by atoms with van der Waals surface area (Å²) in [7, 11) is 1.69. The summed E-state index contributed by atoms with van der Waals surface area (Å²) in [4.78, 5) is 33.8. The first-order chi connectivity index (χ1) is 25.8. The molecule has 3 N–H and O–H groups in total. The zero-order valence-electron chi connectivity index (χ0n) is 31.2. The third kappa shape index (κ3) is 9.05. The van der Waals surface area contributed by atoms with E-state index in [2.05, 4.69) is 23.1 Å². The second-order valence-corrected chi connectivity index (χ2v) is 13.8. The maximum atomic E-state index is 13.9. The van der Waals surface area contributed by atoms with Gasteiger partial charge in [0, 0.05) is 44.7 Å². The van der Waals surface area contributed by atoms with Crippen molar-refractivity contribution >= 4 is 17.9 Å². The highest BCUT2D eigenvalue weighted by atomic mass is 16.7. The van der Waals surface area contributed by atoms with Crippen molar-refractivity contribution in [2.75, 3.05) is 40.0 Å². The predicted molar refractivity (Wildman–Crippen MR) is 201 cm³/mol. The van der Waals surface area contributed by atoms with Crippen LogP contribution in [0.3, 0.4) is 0 Å². The third-order valence-corrected chi connectivity index (χ3v) is 10.4. The lowest BCUT2D eigenvalue weighted by atomic mass is 9.55. The molecule has 2 aromatic carbocycles. The van der Waals surface area contributed by atoms with Crippen molar-refractivity contribution in [2.45, 2.75) is 83.1 Å². The minimum Gasteiger partial charge on any atom is -0.459 e. The summed E-state index contributed by atoms with van der Waals surface area (Å²) in [6.07, 6.45) is 7.62. The summed E-state index contributed by atoms with van der Waals surface area (Å²) in [5, 5.41) is 26.9. The van der Waals surface area contributed by atoms with E-state index in [1.807, 2.05) is 50.2 Å². The van der Waals surface area contributed by atoms with Gasteiger partial charge in [-0.15, -0.1) is 6.58 Å². The first-order valence-corrected chi connectivity index (χ1v) is 18.9. The summed E-state index contributed by atoms with van der Waals surface area (Å²) in [5.41, 5.74) is 3.32. The molecule has 12 heteroatoms. The van der Waals surface area contributed by atoms with Crippen LogP contribution < -0.4 is 14.8 Å². The molecule has 1 saturated carbocycles. The van der Waals surface area contributed by atoms with E-state index in [1.165, 1.54) is 0 Å². The first-order valence-electron chi connectivity index (χ1n) is 18.9. The lowest BCUT2D eigenvalue weighted by Gasteiger charge is -2.59. The molecule has 0 aromatic heterocycles. The third-order valence-electron chi connectivity index (χ3n) is 10.4. The molecule has 12 nitrogen and oxygen atoms in total. The number of ether oxygens (including phenoxy) is 4. The second-order valence-electron chi connectivity index (χ2n) is 13.8. The maximum Gasteiger partial charge on any atom is 0.412 e. The number of carbonyl (C=O) groups is 2. The molecule has 0 unspecified atom stereocenters. The van der Waals surface area contributed by atoms with Crippen LogP contribution >= 0.6 is 0 Å².